The van der Waals surface area contributed by atoms with Gasteiger partial charge in [0.2, 0.25) is 5.69 Å². The standard InChI is InChI=1S/C22H30N/c1-7-22(8-2)16(3)19-15-17(21(4,5)6)12-13-18(19)20-11-9-10-14-23(20)22/h9-16H,7-8H2,1-6H3/q+1. The number of pyridine rings is 1. The van der Waals surface area contributed by atoms with E-state index in [0.29, 0.717) is 5.92 Å². The highest BCUT2D eigenvalue weighted by Gasteiger charge is 2.48. The van der Waals surface area contributed by atoms with E-state index < -0.39 is 0 Å². The molecule has 1 unspecified atom stereocenters. The predicted octanol–water partition coefficient (Wildman–Crippen LogP) is 5.57. The highest BCUT2D eigenvalue weighted by Crippen LogP contribution is 2.45. The fraction of sp³-hybridized carbons (Fsp3) is 0.500. The van der Waals surface area contributed by atoms with Crippen LogP contribution in [-0.4, -0.2) is 0 Å². The van der Waals surface area contributed by atoms with Gasteiger partial charge in [0, 0.05) is 36.5 Å². The SMILES string of the molecule is CCC1(CC)C(C)c2cc(C(C)(C)C)ccc2-c2cccc[n+]21. The Kier molecular flexibility index (Phi) is 3.86. The van der Waals surface area contributed by atoms with E-state index in [-0.39, 0.29) is 11.0 Å². The zero-order chi connectivity index (χ0) is 16.8. The van der Waals surface area contributed by atoms with Crippen molar-refractivity contribution in [3.05, 3.63) is 53.7 Å². The van der Waals surface area contributed by atoms with Crippen molar-refractivity contribution in [2.24, 2.45) is 0 Å². The number of hydrogen-bond donors (Lipinski definition) is 0. The molecule has 1 atom stereocenters. The van der Waals surface area contributed by atoms with E-state index in [9.17, 15) is 0 Å². The molecule has 0 fully saturated rings. The summed E-state index contributed by atoms with van der Waals surface area (Å²) < 4.78 is 2.54. The Morgan fingerprint density at radius 3 is 2.35 bits per heavy atom. The molecule has 0 amide bonds. The first-order valence-electron chi connectivity index (χ1n) is 9.01. The van der Waals surface area contributed by atoms with Crippen molar-refractivity contribution in [1.29, 1.82) is 0 Å². The third-order valence-corrected chi connectivity index (χ3v) is 6.03. The largest absolute Gasteiger partial charge is 0.213 e. The van der Waals surface area contributed by atoms with Crippen molar-refractivity contribution in [2.75, 3.05) is 0 Å². The first kappa shape index (κ1) is 16.2. The summed E-state index contributed by atoms with van der Waals surface area (Å²) in [5.41, 5.74) is 6.11. The molecular weight excluding hydrogens is 278 g/mol. The number of nitrogens with zero attached hydrogens (tertiary/aromatic N) is 1. The van der Waals surface area contributed by atoms with E-state index in [1.165, 1.54) is 22.4 Å². The lowest BCUT2D eigenvalue weighted by atomic mass is 9.70. The monoisotopic (exact) mass is 308 g/mol. The molecule has 0 saturated heterocycles. The van der Waals surface area contributed by atoms with Gasteiger partial charge in [-0.1, -0.05) is 53.7 Å². The first-order valence-corrected chi connectivity index (χ1v) is 9.01. The smallest absolute Gasteiger partial charge is 0.192 e. The molecule has 3 rings (SSSR count). The summed E-state index contributed by atoms with van der Waals surface area (Å²) >= 11 is 0. The summed E-state index contributed by atoms with van der Waals surface area (Å²) in [5.74, 6) is 0.523. The summed E-state index contributed by atoms with van der Waals surface area (Å²) in [7, 11) is 0. The Bertz CT molecular complexity index is 717. The molecule has 2 aromatic rings. The fourth-order valence-corrected chi connectivity index (χ4v) is 4.37. The van der Waals surface area contributed by atoms with Crippen molar-refractivity contribution in [3.8, 4) is 11.3 Å². The van der Waals surface area contributed by atoms with Crippen LogP contribution in [0.2, 0.25) is 0 Å². The molecule has 2 heterocycles. The Hall–Kier alpha value is -1.63. The predicted molar refractivity (Wildman–Crippen MR) is 97.7 cm³/mol. The molecule has 1 aromatic carbocycles. The van der Waals surface area contributed by atoms with Crippen LogP contribution in [0.3, 0.4) is 0 Å². The van der Waals surface area contributed by atoms with Crippen LogP contribution in [0, 0.1) is 0 Å². The molecule has 122 valence electrons. The summed E-state index contributed by atoms with van der Waals surface area (Å²) in [5, 5.41) is 0. The summed E-state index contributed by atoms with van der Waals surface area (Å²) in [6.45, 7) is 14.0. The molecule has 23 heavy (non-hydrogen) atoms. The Balaban J connectivity index is 2.31. The van der Waals surface area contributed by atoms with Gasteiger partial charge in [-0.2, -0.15) is 4.57 Å². The average Bonchev–Trinajstić information content (AvgIpc) is 2.55. The van der Waals surface area contributed by atoms with Crippen LogP contribution >= 0.6 is 0 Å². The summed E-state index contributed by atoms with van der Waals surface area (Å²) in [4.78, 5) is 0. The quantitative estimate of drug-likeness (QED) is 0.638. The van der Waals surface area contributed by atoms with Gasteiger partial charge in [0.15, 0.2) is 11.7 Å². The lowest BCUT2D eigenvalue weighted by Gasteiger charge is -2.39. The van der Waals surface area contributed by atoms with Crippen LogP contribution < -0.4 is 4.57 Å². The fourth-order valence-electron chi connectivity index (χ4n) is 4.37. The van der Waals surface area contributed by atoms with Gasteiger partial charge >= 0.3 is 0 Å². The molecule has 1 aromatic heterocycles. The number of benzene rings is 1. The third-order valence-electron chi connectivity index (χ3n) is 6.03. The van der Waals surface area contributed by atoms with Crippen molar-refractivity contribution in [3.63, 3.8) is 0 Å². The highest BCUT2D eigenvalue weighted by molar-refractivity contribution is 5.65. The van der Waals surface area contributed by atoms with Gasteiger partial charge < -0.3 is 0 Å². The molecule has 0 radical (unpaired) electrons. The van der Waals surface area contributed by atoms with Crippen molar-refractivity contribution >= 4 is 0 Å². The minimum absolute atomic E-state index is 0.181. The number of rotatable bonds is 2. The maximum Gasteiger partial charge on any atom is 0.213 e. The number of fused-ring (bicyclic) bond motifs is 3. The molecule has 0 aliphatic carbocycles. The highest BCUT2D eigenvalue weighted by atomic mass is 15.1. The van der Waals surface area contributed by atoms with Gasteiger partial charge in [-0.15, -0.1) is 0 Å². The van der Waals surface area contributed by atoms with Crippen LogP contribution in [0.25, 0.3) is 11.3 Å². The van der Waals surface area contributed by atoms with Crippen molar-refractivity contribution in [2.45, 2.75) is 71.3 Å². The minimum Gasteiger partial charge on any atom is -0.192 e. The Labute approximate surface area is 141 Å². The number of aromatic nitrogens is 1. The molecule has 1 nitrogen and oxygen atoms in total. The van der Waals surface area contributed by atoms with Crippen LogP contribution in [0.5, 0.6) is 0 Å². The van der Waals surface area contributed by atoms with Crippen molar-refractivity contribution < 1.29 is 4.57 Å². The maximum atomic E-state index is 2.54. The lowest BCUT2D eigenvalue weighted by Crippen LogP contribution is -2.61. The molecule has 1 heteroatoms. The Morgan fingerprint density at radius 2 is 1.74 bits per heavy atom. The van der Waals surface area contributed by atoms with E-state index >= 15 is 0 Å². The van der Waals surface area contributed by atoms with E-state index in [2.05, 4.69) is 88.7 Å². The van der Waals surface area contributed by atoms with E-state index in [1.807, 2.05) is 0 Å². The molecule has 1 aliphatic rings. The molecule has 0 N–H and O–H groups in total. The third kappa shape index (κ3) is 2.33. The normalized spacial score (nSPS) is 19.1. The van der Waals surface area contributed by atoms with Crippen LogP contribution in [0.1, 0.15) is 71.4 Å². The van der Waals surface area contributed by atoms with Gasteiger partial charge in [0.1, 0.15) is 0 Å². The van der Waals surface area contributed by atoms with Crippen molar-refractivity contribution in [1.82, 2.24) is 0 Å². The second-order valence-electron chi connectivity index (χ2n) is 8.04. The van der Waals surface area contributed by atoms with Gasteiger partial charge in [-0.3, -0.25) is 0 Å². The number of hydrogen-bond acceptors (Lipinski definition) is 0. The molecule has 0 saturated carbocycles. The second kappa shape index (κ2) is 5.47. The van der Waals surface area contributed by atoms with E-state index in [0.717, 1.165) is 12.8 Å². The van der Waals surface area contributed by atoms with Crippen LogP contribution in [-0.2, 0) is 11.0 Å². The van der Waals surface area contributed by atoms with Crippen LogP contribution in [0.4, 0.5) is 0 Å². The lowest BCUT2D eigenvalue weighted by molar-refractivity contribution is -0.762. The summed E-state index contributed by atoms with van der Waals surface area (Å²) in [6, 6.07) is 13.7. The topological polar surface area (TPSA) is 3.88 Å². The van der Waals surface area contributed by atoms with Crippen LogP contribution in [0.15, 0.2) is 42.6 Å². The van der Waals surface area contributed by atoms with E-state index in [4.69, 9.17) is 0 Å². The van der Waals surface area contributed by atoms with Gasteiger partial charge in [0.05, 0.1) is 0 Å². The molecule has 1 aliphatic heterocycles. The van der Waals surface area contributed by atoms with Gasteiger partial charge in [-0.25, -0.2) is 0 Å². The molecule has 0 bridgehead atoms. The van der Waals surface area contributed by atoms with Gasteiger partial charge in [0.25, 0.3) is 0 Å². The van der Waals surface area contributed by atoms with E-state index in [1.54, 1.807) is 0 Å². The molecule has 0 spiro atoms. The zero-order valence-electron chi connectivity index (χ0n) is 15.5. The minimum atomic E-state index is 0.181. The molecular formula is C22H30N+. The first-order chi connectivity index (χ1) is 10.8. The Morgan fingerprint density at radius 1 is 1.04 bits per heavy atom. The zero-order valence-corrected chi connectivity index (χ0v) is 15.5. The maximum absolute atomic E-state index is 2.54. The summed E-state index contributed by atoms with van der Waals surface area (Å²) in [6.07, 6.45) is 4.59. The second-order valence-corrected chi connectivity index (χ2v) is 8.04. The van der Waals surface area contributed by atoms with Gasteiger partial charge in [-0.05, 0) is 28.7 Å². The average molecular weight is 308 g/mol.